The fourth-order valence-corrected chi connectivity index (χ4v) is 7.46. The zero-order chi connectivity index (χ0) is 39.0. The Hall–Kier alpha value is -5.73. The molecule has 3 aliphatic rings. The van der Waals surface area contributed by atoms with Crippen LogP contribution in [-0.4, -0.2) is 78.6 Å². The largest absolute Gasteiger partial charge is 0.488 e. The second-order valence-corrected chi connectivity index (χ2v) is 16.3. The van der Waals surface area contributed by atoms with Crippen molar-refractivity contribution >= 4 is 23.2 Å². The minimum absolute atomic E-state index is 0.0804. The van der Waals surface area contributed by atoms with Gasteiger partial charge in [-0.1, -0.05) is 18.2 Å². The number of alkyl halides is 2. The maximum Gasteiger partial charge on any atom is 0.411 e. The van der Waals surface area contributed by atoms with Gasteiger partial charge in [0.1, 0.15) is 53.1 Å². The molecule has 8 rings (SSSR count). The fourth-order valence-electron chi connectivity index (χ4n) is 7.46. The number of imidazole rings is 2. The highest BCUT2D eigenvalue weighted by molar-refractivity contribution is 5.91. The zero-order valence-corrected chi connectivity index (χ0v) is 31.4. The van der Waals surface area contributed by atoms with Crippen LogP contribution in [0.5, 0.6) is 5.75 Å². The van der Waals surface area contributed by atoms with Gasteiger partial charge in [0.15, 0.2) is 0 Å². The number of nitrogens with zero attached hydrogens (tertiary/aromatic N) is 4. The summed E-state index contributed by atoms with van der Waals surface area (Å²) < 4.78 is 52.2. The van der Waals surface area contributed by atoms with Crippen LogP contribution < -0.4 is 10.4 Å². The number of hydrogen-bond donors (Lipinski definition) is 2. The van der Waals surface area contributed by atoms with Crippen LogP contribution in [0.4, 0.5) is 18.4 Å². The van der Waals surface area contributed by atoms with E-state index in [1.165, 1.54) is 9.80 Å². The van der Waals surface area contributed by atoms with Gasteiger partial charge in [0.05, 0.1) is 54.5 Å². The van der Waals surface area contributed by atoms with Crippen molar-refractivity contribution in [2.24, 2.45) is 0 Å². The molecule has 15 heteroatoms. The highest BCUT2D eigenvalue weighted by atomic mass is 19.1. The van der Waals surface area contributed by atoms with Crippen molar-refractivity contribution in [3.63, 3.8) is 0 Å². The smallest absolute Gasteiger partial charge is 0.411 e. The van der Waals surface area contributed by atoms with Crippen molar-refractivity contribution in [1.82, 2.24) is 29.7 Å². The Morgan fingerprint density at radius 3 is 1.87 bits per heavy atom. The Bertz CT molecular complexity index is 2370. The van der Waals surface area contributed by atoms with Gasteiger partial charge in [0.2, 0.25) is 0 Å². The summed E-state index contributed by atoms with van der Waals surface area (Å²) in [6, 6.07) is 9.64. The van der Waals surface area contributed by atoms with Gasteiger partial charge in [-0.15, -0.1) is 0 Å². The van der Waals surface area contributed by atoms with E-state index < -0.39 is 53.4 Å². The number of fused-ring (bicyclic) bond motifs is 5. The summed E-state index contributed by atoms with van der Waals surface area (Å²) in [5, 5.41) is 0.704. The van der Waals surface area contributed by atoms with E-state index in [1.807, 2.05) is 18.2 Å². The summed E-state index contributed by atoms with van der Waals surface area (Å²) >= 11 is 0. The number of aromatic nitrogens is 4. The van der Waals surface area contributed by atoms with Crippen molar-refractivity contribution < 1.29 is 37.0 Å². The molecule has 4 atom stereocenters. The van der Waals surface area contributed by atoms with E-state index in [1.54, 1.807) is 72.1 Å². The van der Waals surface area contributed by atoms with Crippen molar-refractivity contribution in [2.75, 3.05) is 13.1 Å². The first-order valence-electron chi connectivity index (χ1n) is 18.3. The number of nitrogens with one attached hydrogen (secondary N) is 2. The third-order valence-corrected chi connectivity index (χ3v) is 9.84. The maximum absolute atomic E-state index is 14.5. The molecule has 0 radical (unpaired) electrons. The number of halogens is 2. The number of carbonyl (C=O) groups is 2. The summed E-state index contributed by atoms with van der Waals surface area (Å²) in [5.74, 6) is 1.35. The predicted octanol–water partition coefficient (Wildman–Crippen LogP) is 8.17. The molecule has 55 heavy (non-hydrogen) atoms. The van der Waals surface area contributed by atoms with Crippen LogP contribution in [0.2, 0.25) is 0 Å². The number of amides is 2. The van der Waals surface area contributed by atoms with Gasteiger partial charge in [0, 0.05) is 40.5 Å². The molecule has 288 valence electrons. The van der Waals surface area contributed by atoms with Gasteiger partial charge in [-0.2, -0.15) is 0 Å². The van der Waals surface area contributed by atoms with Gasteiger partial charge in [-0.3, -0.25) is 9.80 Å². The third-order valence-electron chi connectivity index (χ3n) is 9.84. The molecular formula is C40H42F2N6O7. The van der Waals surface area contributed by atoms with Crippen molar-refractivity contribution in [1.29, 1.82) is 0 Å². The minimum atomic E-state index is -1.21. The number of ether oxygens (including phenoxy) is 3. The number of carbonyl (C=O) groups excluding carboxylic acids is 2. The van der Waals surface area contributed by atoms with E-state index in [2.05, 4.69) is 19.9 Å². The first-order valence-corrected chi connectivity index (χ1v) is 18.3. The van der Waals surface area contributed by atoms with Crippen LogP contribution in [0.1, 0.15) is 83.7 Å². The molecule has 2 saturated heterocycles. The molecule has 2 N–H and O–H groups in total. The number of benzene rings is 2. The fraction of sp³-hybridized carbons (Fsp3) is 0.425. The van der Waals surface area contributed by atoms with Crippen molar-refractivity contribution in [3.8, 4) is 39.4 Å². The number of hydrogen-bond acceptors (Lipinski definition) is 9. The van der Waals surface area contributed by atoms with Crippen molar-refractivity contribution in [3.05, 3.63) is 76.4 Å². The number of rotatable bonds is 4. The lowest BCUT2D eigenvalue weighted by Gasteiger charge is -2.27. The average Bonchev–Trinajstić information content (AvgIpc) is 3.92. The SMILES string of the molecule is CC(C)(C)OC(=O)N1C[C@H](F)C[C@H]1c1ncc(-c2ccc3c(c2)OCc2c-3c(=O)oc3cc(-c4cnc([C@@H]5C[C@@H](F)CN5C(=O)OC(C)(C)C)[nH]4)ccc23)[nH]1. The first kappa shape index (κ1) is 36.3. The summed E-state index contributed by atoms with van der Waals surface area (Å²) in [4.78, 5) is 57.5. The second kappa shape index (κ2) is 13.2. The third kappa shape index (κ3) is 7.03. The molecule has 0 spiro atoms. The molecule has 3 aromatic heterocycles. The highest BCUT2D eigenvalue weighted by Gasteiger charge is 2.41. The molecule has 2 amide bonds. The summed E-state index contributed by atoms with van der Waals surface area (Å²) in [7, 11) is 0. The lowest BCUT2D eigenvalue weighted by Crippen LogP contribution is -2.37. The predicted molar refractivity (Wildman–Crippen MR) is 198 cm³/mol. The van der Waals surface area contributed by atoms with Gasteiger partial charge >= 0.3 is 17.8 Å². The molecule has 0 bridgehead atoms. The van der Waals surface area contributed by atoms with Gasteiger partial charge in [0.25, 0.3) is 0 Å². The highest BCUT2D eigenvalue weighted by Crippen LogP contribution is 2.42. The van der Waals surface area contributed by atoms with Crippen LogP contribution in [0.15, 0.2) is 58.0 Å². The molecule has 3 aliphatic heterocycles. The monoisotopic (exact) mass is 756 g/mol. The molecule has 2 fully saturated rings. The van der Waals surface area contributed by atoms with Crippen LogP contribution in [0.25, 0.3) is 44.6 Å². The number of likely N-dealkylation sites (tertiary alicyclic amines) is 2. The standard InChI is InChI=1S/C40H42F2N6O7/c1-39(2,3)54-37(50)47-17-22(41)13-29(47)34-43-15-27(45-34)20-8-10-25-31(11-20)52-19-26-24-9-7-21(12-32(24)53-36(49)33(25)26)28-16-44-35(46-28)30-14-23(42)18-48(30)38(51)55-40(4,5)6/h7-12,15-16,22-23,29-30H,13-14,17-19H2,1-6H3,(H,43,45)(H,44,46)/t22-,23-,29+,30+/m1/s1. The molecule has 6 heterocycles. The zero-order valence-electron chi connectivity index (χ0n) is 31.4. The molecule has 0 aliphatic carbocycles. The molecule has 0 unspecified atom stereocenters. The van der Waals surface area contributed by atoms with Gasteiger partial charge in [-0.05, 0) is 59.7 Å². The summed E-state index contributed by atoms with van der Waals surface area (Å²) in [5.41, 5.74) is 2.69. The van der Waals surface area contributed by atoms with Crippen molar-refractivity contribution in [2.45, 2.75) is 96.6 Å². The number of H-pyrrole nitrogens is 2. The van der Waals surface area contributed by atoms with Gasteiger partial charge < -0.3 is 28.6 Å². The van der Waals surface area contributed by atoms with Crippen LogP contribution >= 0.6 is 0 Å². The van der Waals surface area contributed by atoms with Crippen LogP contribution in [0, 0.1) is 0 Å². The van der Waals surface area contributed by atoms with E-state index >= 15 is 0 Å². The van der Waals surface area contributed by atoms with Crippen LogP contribution in [-0.2, 0) is 16.1 Å². The molecular weight excluding hydrogens is 714 g/mol. The normalized spacial score (nSPS) is 21.0. The Kier molecular flexibility index (Phi) is 8.73. The minimum Gasteiger partial charge on any atom is -0.488 e. The second-order valence-electron chi connectivity index (χ2n) is 16.3. The van der Waals surface area contributed by atoms with E-state index in [4.69, 9.17) is 18.6 Å². The van der Waals surface area contributed by atoms with E-state index in [0.29, 0.717) is 62.0 Å². The Labute approximate surface area is 315 Å². The molecule has 2 aromatic carbocycles. The lowest BCUT2D eigenvalue weighted by molar-refractivity contribution is 0.0201. The van der Waals surface area contributed by atoms with Crippen LogP contribution in [0.3, 0.4) is 0 Å². The van der Waals surface area contributed by atoms with E-state index in [9.17, 15) is 23.2 Å². The number of aromatic amines is 2. The summed E-state index contributed by atoms with van der Waals surface area (Å²) in [6.45, 7) is 10.5. The lowest BCUT2D eigenvalue weighted by atomic mass is 9.94. The molecule has 13 nitrogen and oxygen atoms in total. The maximum atomic E-state index is 14.5. The van der Waals surface area contributed by atoms with E-state index in [-0.39, 0.29) is 32.5 Å². The quantitative estimate of drug-likeness (QED) is 0.173. The molecule has 0 saturated carbocycles. The Morgan fingerprint density at radius 2 is 1.33 bits per heavy atom. The summed E-state index contributed by atoms with van der Waals surface area (Å²) in [6.07, 6.45) is -0.203. The average molecular weight is 757 g/mol. The molecule has 5 aromatic rings. The van der Waals surface area contributed by atoms with Gasteiger partial charge in [-0.25, -0.2) is 33.1 Å². The Morgan fingerprint density at radius 1 is 0.800 bits per heavy atom. The van der Waals surface area contributed by atoms with E-state index in [0.717, 1.165) is 5.56 Å². The first-order chi connectivity index (χ1) is 26.0. The Balaban J connectivity index is 1.04. The topological polar surface area (TPSA) is 156 Å².